The van der Waals surface area contributed by atoms with Gasteiger partial charge in [0.2, 0.25) is 11.7 Å². The lowest BCUT2D eigenvalue weighted by molar-refractivity contribution is -0.124. The number of nitrogens with zero attached hydrogens (tertiary/aromatic N) is 8. The van der Waals surface area contributed by atoms with Crippen LogP contribution in [0.15, 0.2) is 47.0 Å². The number of hydrogen-bond acceptors (Lipinski definition) is 10. The largest absolute Gasteiger partial charge is 0.461 e. The van der Waals surface area contributed by atoms with Crippen molar-refractivity contribution in [3.05, 3.63) is 70.5 Å². The van der Waals surface area contributed by atoms with Crippen LogP contribution in [0.1, 0.15) is 61.5 Å². The van der Waals surface area contributed by atoms with E-state index in [-0.39, 0.29) is 23.4 Å². The number of carbonyl (C=O) groups excluding carboxylic acids is 1. The molecule has 1 amide bonds. The first-order valence-corrected chi connectivity index (χ1v) is 17.7. The van der Waals surface area contributed by atoms with E-state index in [2.05, 4.69) is 49.1 Å². The zero-order chi connectivity index (χ0) is 34.4. The Hall–Kier alpha value is -4.36. The van der Waals surface area contributed by atoms with E-state index in [4.69, 9.17) is 30.8 Å². The molecule has 0 bridgehead atoms. The van der Waals surface area contributed by atoms with Gasteiger partial charge >= 0.3 is 12.4 Å². The molecular weight excluding hydrogens is 666 g/mol. The molecule has 262 valence electrons. The Morgan fingerprint density at radius 2 is 1.92 bits per heavy atom. The maximum atomic E-state index is 13.1. The summed E-state index contributed by atoms with van der Waals surface area (Å²) in [6.07, 6.45) is 5.80. The summed E-state index contributed by atoms with van der Waals surface area (Å²) in [6, 6.07) is 12.6. The number of alkyl halides is 2. The SMILES string of the molecule is CN(c1nc(OCC23CCCN2CCC3)nc2c1CCN(c1cccc3cccc(Cl)c13)C2)[C@@H]1CCN(C(=O)/C=C/c2nc(C(F)F)no2)C1. The second kappa shape index (κ2) is 13.4. The Morgan fingerprint density at radius 1 is 1.12 bits per heavy atom. The fourth-order valence-electron chi connectivity index (χ4n) is 8.23. The van der Waals surface area contributed by atoms with Crippen LogP contribution in [0.2, 0.25) is 5.02 Å². The molecule has 0 radical (unpaired) electrons. The highest BCUT2D eigenvalue weighted by molar-refractivity contribution is 6.36. The summed E-state index contributed by atoms with van der Waals surface area (Å²) in [5.41, 5.74) is 3.14. The number of hydrogen-bond donors (Lipinski definition) is 0. The first kappa shape index (κ1) is 32.8. The van der Waals surface area contributed by atoms with Crippen molar-refractivity contribution in [3.8, 4) is 6.01 Å². The lowest BCUT2D eigenvalue weighted by Gasteiger charge is -2.35. The Kier molecular flexibility index (Phi) is 8.80. The van der Waals surface area contributed by atoms with Crippen LogP contribution in [0.4, 0.5) is 20.3 Å². The van der Waals surface area contributed by atoms with Crippen molar-refractivity contribution in [2.75, 3.05) is 56.2 Å². The number of likely N-dealkylation sites (N-methyl/N-ethyl adjacent to an activating group) is 1. The molecule has 0 spiro atoms. The average molecular weight is 705 g/mol. The third-order valence-corrected chi connectivity index (χ3v) is 11.2. The summed E-state index contributed by atoms with van der Waals surface area (Å²) < 4.78 is 37.0. The first-order chi connectivity index (χ1) is 24.3. The van der Waals surface area contributed by atoms with Crippen molar-refractivity contribution in [1.29, 1.82) is 0 Å². The smallest absolute Gasteiger partial charge is 0.318 e. The van der Waals surface area contributed by atoms with Gasteiger partial charge in [-0.15, -0.1) is 0 Å². The van der Waals surface area contributed by atoms with E-state index >= 15 is 0 Å². The van der Waals surface area contributed by atoms with Crippen molar-refractivity contribution < 1.29 is 22.8 Å². The normalized spacial score (nSPS) is 20.3. The minimum Gasteiger partial charge on any atom is -0.461 e. The number of ether oxygens (including phenoxy) is 1. The molecule has 4 aromatic rings. The highest BCUT2D eigenvalue weighted by Crippen LogP contribution is 2.40. The standard InChI is InChI=1S/C36H39ClF2N8O3/c1-44(24-12-18-46(20-24)30(48)11-10-29-41-33(32(38)39)43-50-29)34-25-13-19-45(28-9-3-7-23-6-2-8-26(37)31(23)28)21-27(25)40-35(42-34)49-22-36-14-4-16-47(36)17-5-15-36/h2-3,6-11,24,32H,4-5,12-22H2,1H3/b11-10+/t24-/m1/s1. The number of likely N-dealkylation sites (tertiary alicyclic amines) is 1. The zero-order valence-corrected chi connectivity index (χ0v) is 28.7. The number of amides is 1. The lowest BCUT2D eigenvalue weighted by Crippen LogP contribution is -2.44. The molecule has 0 unspecified atom stereocenters. The van der Waals surface area contributed by atoms with Crippen LogP contribution >= 0.6 is 11.6 Å². The summed E-state index contributed by atoms with van der Waals surface area (Å²) >= 11 is 6.74. The molecule has 3 saturated heterocycles. The van der Waals surface area contributed by atoms with E-state index in [1.165, 1.54) is 25.0 Å². The van der Waals surface area contributed by atoms with Gasteiger partial charge in [-0.2, -0.15) is 15.0 Å². The van der Waals surface area contributed by atoms with E-state index < -0.39 is 12.2 Å². The van der Waals surface area contributed by atoms with Crippen molar-refractivity contribution in [1.82, 2.24) is 29.9 Å². The highest BCUT2D eigenvalue weighted by atomic mass is 35.5. The van der Waals surface area contributed by atoms with Gasteiger partial charge in [0, 0.05) is 61.5 Å². The fourth-order valence-corrected chi connectivity index (χ4v) is 8.51. The molecule has 2 aromatic heterocycles. The Morgan fingerprint density at radius 3 is 2.70 bits per heavy atom. The predicted molar refractivity (Wildman–Crippen MR) is 186 cm³/mol. The molecule has 0 N–H and O–H groups in total. The molecule has 0 saturated carbocycles. The number of aromatic nitrogens is 4. The number of benzene rings is 2. The zero-order valence-electron chi connectivity index (χ0n) is 27.9. The van der Waals surface area contributed by atoms with Gasteiger partial charge in [0.1, 0.15) is 12.4 Å². The number of anilines is 2. The Labute approximate surface area is 293 Å². The van der Waals surface area contributed by atoms with Gasteiger partial charge in [-0.25, -0.2) is 8.78 Å². The molecule has 50 heavy (non-hydrogen) atoms. The van der Waals surface area contributed by atoms with Crippen molar-refractivity contribution in [2.24, 2.45) is 0 Å². The Balaban J connectivity index is 1.05. The highest BCUT2D eigenvalue weighted by Gasteiger charge is 2.45. The monoisotopic (exact) mass is 704 g/mol. The third-order valence-electron chi connectivity index (χ3n) is 10.9. The van der Waals surface area contributed by atoms with Gasteiger partial charge in [-0.3, -0.25) is 9.69 Å². The van der Waals surface area contributed by atoms with Crippen LogP contribution in [-0.4, -0.2) is 93.8 Å². The van der Waals surface area contributed by atoms with Gasteiger partial charge in [0.25, 0.3) is 5.89 Å². The molecule has 0 aliphatic carbocycles. The summed E-state index contributed by atoms with van der Waals surface area (Å²) in [4.78, 5) is 35.6. The van der Waals surface area contributed by atoms with Gasteiger partial charge in [0.15, 0.2) is 0 Å². The van der Waals surface area contributed by atoms with E-state index in [0.29, 0.717) is 32.3 Å². The van der Waals surface area contributed by atoms with Crippen molar-refractivity contribution >= 4 is 45.9 Å². The molecule has 1 atom stereocenters. The molecule has 6 heterocycles. The van der Waals surface area contributed by atoms with E-state index in [1.54, 1.807) is 4.90 Å². The summed E-state index contributed by atoms with van der Waals surface area (Å²) in [5, 5.41) is 6.08. The van der Waals surface area contributed by atoms with E-state index in [0.717, 1.165) is 83.9 Å². The first-order valence-electron chi connectivity index (χ1n) is 17.3. The molecule has 4 aliphatic rings. The molecule has 2 aromatic carbocycles. The van der Waals surface area contributed by atoms with E-state index in [1.807, 2.05) is 19.2 Å². The topological polar surface area (TPSA) is 104 Å². The fraction of sp³-hybridized carbons (Fsp3) is 0.472. The van der Waals surface area contributed by atoms with Crippen LogP contribution in [0.3, 0.4) is 0 Å². The summed E-state index contributed by atoms with van der Waals surface area (Å²) in [5.74, 6) is -0.274. The average Bonchev–Trinajstić information content (AvgIpc) is 3.94. The summed E-state index contributed by atoms with van der Waals surface area (Å²) in [7, 11) is 2.02. The third kappa shape index (κ3) is 6.14. The predicted octanol–water partition coefficient (Wildman–Crippen LogP) is 5.92. The van der Waals surface area contributed by atoms with Crippen molar-refractivity contribution in [2.45, 2.75) is 63.1 Å². The molecule has 8 rings (SSSR count). The van der Waals surface area contributed by atoms with Gasteiger partial charge < -0.3 is 24.0 Å². The molecular formula is C36H39ClF2N8O3. The minimum atomic E-state index is -2.84. The van der Waals surface area contributed by atoms with Crippen LogP contribution in [0, 0.1) is 0 Å². The quantitative estimate of drug-likeness (QED) is 0.195. The number of rotatable bonds is 9. The second-order valence-electron chi connectivity index (χ2n) is 13.7. The summed E-state index contributed by atoms with van der Waals surface area (Å²) in [6.45, 7) is 5.15. The number of fused-ring (bicyclic) bond motifs is 3. The Bertz CT molecular complexity index is 1920. The lowest BCUT2D eigenvalue weighted by atomic mass is 9.95. The van der Waals surface area contributed by atoms with Gasteiger partial charge in [0.05, 0.1) is 22.8 Å². The number of carbonyl (C=O) groups is 1. The van der Waals surface area contributed by atoms with Crippen molar-refractivity contribution in [3.63, 3.8) is 0 Å². The minimum absolute atomic E-state index is 0.00157. The molecule has 11 nitrogen and oxygen atoms in total. The molecule has 4 aliphatic heterocycles. The maximum Gasteiger partial charge on any atom is 0.318 e. The second-order valence-corrected chi connectivity index (χ2v) is 14.1. The van der Waals surface area contributed by atoms with Crippen LogP contribution in [0.5, 0.6) is 6.01 Å². The van der Waals surface area contributed by atoms with Crippen LogP contribution in [0.25, 0.3) is 16.8 Å². The molecule has 14 heteroatoms. The van der Waals surface area contributed by atoms with Gasteiger partial charge in [-0.05, 0) is 69.1 Å². The van der Waals surface area contributed by atoms with Gasteiger partial charge in [-0.1, -0.05) is 41.0 Å². The van der Waals surface area contributed by atoms with Crippen LogP contribution in [-0.2, 0) is 17.8 Å². The van der Waals surface area contributed by atoms with Crippen LogP contribution < -0.4 is 14.5 Å². The number of halogens is 3. The maximum absolute atomic E-state index is 13.1. The van der Waals surface area contributed by atoms with E-state index in [9.17, 15) is 13.6 Å². The molecule has 3 fully saturated rings.